The molecule has 0 atom stereocenters. The maximum atomic E-state index is 10.1. The number of hydrogen-bond donors (Lipinski definition) is 2. The fourth-order valence-corrected chi connectivity index (χ4v) is 1.21. The molecule has 0 bridgehead atoms. The molecule has 0 aliphatic carbocycles. The summed E-state index contributed by atoms with van der Waals surface area (Å²) in [5.74, 6) is 0.728. The average Bonchev–Trinajstić information content (AvgIpc) is 2.47. The van der Waals surface area contributed by atoms with Crippen LogP contribution in [0.5, 0.6) is 0 Å². The highest BCUT2D eigenvalue weighted by molar-refractivity contribution is 5.86. The van der Waals surface area contributed by atoms with Gasteiger partial charge in [0.1, 0.15) is 5.82 Å². The van der Waals surface area contributed by atoms with Crippen LogP contribution in [-0.4, -0.2) is 11.4 Å². The molecule has 0 fully saturated rings. The van der Waals surface area contributed by atoms with Gasteiger partial charge in [-0.1, -0.05) is 18.2 Å². The molecule has 12 heavy (non-hydrogen) atoms. The number of aromatic amines is 1. The first kappa shape index (κ1) is 6.91. The Bertz CT molecular complexity index is 378. The van der Waals surface area contributed by atoms with Crippen molar-refractivity contribution < 1.29 is 6.22 Å². The van der Waals surface area contributed by atoms with Gasteiger partial charge in [0.05, 0.1) is 0 Å². The highest BCUT2D eigenvalue weighted by Crippen LogP contribution is 2.16. The Hall–Kier alpha value is -1.77. The van der Waals surface area contributed by atoms with E-state index in [4.69, 9.17) is 0 Å². The lowest BCUT2D eigenvalue weighted by molar-refractivity contribution is -0.105. The molecule has 60 valence electrons. The van der Waals surface area contributed by atoms with E-state index < -0.39 is 0 Å². The van der Waals surface area contributed by atoms with E-state index in [1.54, 1.807) is 0 Å². The molecule has 0 spiro atoms. The number of carbonyl (C=O) groups is 1. The zero-order valence-corrected chi connectivity index (χ0v) is 6.37. The highest BCUT2D eigenvalue weighted by Gasteiger charge is 1.96. The van der Waals surface area contributed by atoms with E-state index in [-0.39, 0.29) is 1.43 Å². The van der Waals surface area contributed by atoms with Crippen LogP contribution >= 0.6 is 0 Å². The molecule has 0 aliphatic rings. The fourth-order valence-electron chi connectivity index (χ4n) is 1.21. The fraction of sp³-hybridized carbons (Fsp3) is 0. The van der Waals surface area contributed by atoms with E-state index in [0.29, 0.717) is 6.41 Å². The number of rotatable bonds is 2. The number of anilines is 1. The van der Waals surface area contributed by atoms with Crippen LogP contribution in [0, 0.1) is 0 Å². The lowest BCUT2D eigenvalue weighted by Crippen LogP contribution is -1.92. The zero-order valence-electron chi connectivity index (χ0n) is 7.37. The molecule has 1 heterocycles. The Kier molecular flexibility index (Phi) is 1.55. The standard InChI is InChI=1S/C9H8N2O/c12-6-10-9-5-7-3-1-2-4-8(7)11-9/h1-6,11H,(H,10,12)/p+1. The van der Waals surface area contributed by atoms with Crippen molar-refractivity contribution in [3.63, 3.8) is 0 Å². The van der Waals surface area contributed by atoms with E-state index in [9.17, 15) is 4.79 Å². The predicted octanol–water partition coefficient (Wildman–Crippen LogP) is 1.85. The summed E-state index contributed by atoms with van der Waals surface area (Å²) in [4.78, 5) is 13.2. The molecule has 0 saturated carbocycles. The number of amides is 1. The molecule has 3 nitrogen and oxygen atoms in total. The summed E-state index contributed by atoms with van der Waals surface area (Å²) in [5.41, 5.74) is 1.03. The molecule has 0 aliphatic heterocycles. The predicted molar refractivity (Wildman–Crippen MR) is 49.1 cm³/mol. The van der Waals surface area contributed by atoms with Crippen LogP contribution in [-0.2, 0) is 4.79 Å². The first-order chi connectivity index (χ1) is 5.90. The van der Waals surface area contributed by atoms with Crippen LogP contribution in [0.15, 0.2) is 30.3 Å². The summed E-state index contributed by atoms with van der Waals surface area (Å²) in [6.45, 7) is 0. The summed E-state index contributed by atoms with van der Waals surface area (Å²) >= 11 is 0. The summed E-state index contributed by atoms with van der Waals surface area (Å²) in [6, 6.07) is 9.75. The summed E-state index contributed by atoms with van der Waals surface area (Å²) in [5, 5.41) is 3.66. The molecule has 0 saturated heterocycles. The summed E-state index contributed by atoms with van der Waals surface area (Å²) in [7, 11) is 0. The van der Waals surface area contributed by atoms with Gasteiger partial charge >= 0.3 is 1.43 Å². The van der Waals surface area contributed by atoms with Gasteiger partial charge in [-0.05, 0) is 12.1 Å². The third kappa shape index (κ3) is 1.05. The smallest absolute Gasteiger partial charge is 0.341 e. The van der Waals surface area contributed by atoms with E-state index in [0.717, 1.165) is 16.7 Å². The van der Waals surface area contributed by atoms with Crippen molar-refractivity contribution in [3.8, 4) is 0 Å². The maximum Gasteiger partial charge on any atom is 1.00 e. The van der Waals surface area contributed by atoms with Crippen LogP contribution in [0.1, 0.15) is 1.43 Å². The summed E-state index contributed by atoms with van der Waals surface area (Å²) < 4.78 is 0. The minimum atomic E-state index is 0. The number of aromatic nitrogens is 1. The Balaban J connectivity index is 0.000000845. The largest absolute Gasteiger partial charge is 1.00 e. The quantitative estimate of drug-likeness (QED) is 0.648. The molecule has 2 aromatic rings. The van der Waals surface area contributed by atoms with Crippen LogP contribution in [0.4, 0.5) is 5.82 Å². The van der Waals surface area contributed by atoms with Crippen molar-refractivity contribution in [2.75, 3.05) is 5.32 Å². The molecule has 0 radical (unpaired) electrons. The van der Waals surface area contributed by atoms with Crippen LogP contribution in [0.25, 0.3) is 10.9 Å². The van der Waals surface area contributed by atoms with Gasteiger partial charge in [-0.2, -0.15) is 0 Å². The minimum Gasteiger partial charge on any atom is -0.341 e. The van der Waals surface area contributed by atoms with Crippen LogP contribution in [0.2, 0.25) is 0 Å². The topological polar surface area (TPSA) is 44.9 Å². The van der Waals surface area contributed by atoms with Gasteiger partial charge < -0.3 is 10.3 Å². The summed E-state index contributed by atoms with van der Waals surface area (Å²) in [6.07, 6.45) is 0.657. The van der Waals surface area contributed by atoms with Crippen LogP contribution < -0.4 is 5.32 Å². The maximum absolute atomic E-state index is 10.1. The first-order valence-electron chi connectivity index (χ1n) is 3.68. The van der Waals surface area contributed by atoms with E-state index in [1.165, 1.54) is 0 Å². The number of H-pyrrole nitrogens is 1. The lowest BCUT2D eigenvalue weighted by Gasteiger charge is -1.88. The number of carbonyl (C=O) groups excluding carboxylic acids is 1. The molecule has 2 rings (SSSR count). The second-order valence-electron chi connectivity index (χ2n) is 2.53. The second-order valence-corrected chi connectivity index (χ2v) is 2.53. The molecule has 1 amide bonds. The number of benzene rings is 1. The molecule has 0 unspecified atom stereocenters. The van der Waals surface area contributed by atoms with Crippen molar-refractivity contribution in [3.05, 3.63) is 30.3 Å². The van der Waals surface area contributed by atoms with Gasteiger partial charge in [-0.15, -0.1) is 0 Å². The van der Waals surface area contributed by atoms with Crippen molar-refractivity contribution in [1.82, 2.24) is 4.98 Å². The van der Waals surface area contributed by atoms with E-state index in [2.05, 4.69) is 10.3 Å². The minimum absolute atomic E-state index is 0. The second kappa shape index (κ2) is 2.70. The SMILES string of the molecule is O=CNc1cc2ccccc2[nH]1.[H+]. The van der Waals surface area contributed by atoms with Crippen molar-refractivity contribution >= 4 is 23.1 Å². The highest BCUT2D eigenvalue weighted by atomic mass is 16.1. The first-order valence-corrected chi connectivity index (χ1v) is 3.68. The third-order valence-electron chi connectivity index (χ3n) is 1.74. The normalized spacial score (nSPS) is 10.0. The monoisotopic (exact) mass is 161 g/mol. The molecular weight excluding hydrogens is 152 g/mol. The Morgan fingerprint density at radius 2 is 2.25 bits per heavy atom. The Morgan fingerprint density at radius 3 is 3.00 bits per heavy atom. The van der Waals surface area contributed by atoms with E-state index in [1.807, 2.05) is 30.3 Å². The van der Waals surface area contributed by atoms with Gasteiger partial charge in [-0.25, -0.2) is 0 Å². The Labute approximate surface area is 70.9 Å². The Morgan fingerprint density at radius 1 is 1.42 bits per heavy atom. The molecule has 1 aromatic carbocycles. The van der Waals surface area contributed by atoms with Gasteiger partial charge in [0.25, 0.3) is 0 Å². The van der Waals surface area contributed by atoms with E-state index >= 15 is 0 Å². The van der Waals surface area contributed by atoms with Gasteiger partial charge in [-0.3, -0.25) is 4.79 Å². The molecule has 3 heteroatoms. The van der Waals surface area contributed by atoms with Crippen LogP contribution in [0.3, 0.4) is 0 Å². The number of nitrogens with one attached hydrogen (secondary N) is 2. The molecular formula is C9H9N2O+. The van der Waals surface area contributed by atoms with Crippen molar-refractivity contribution in [2.45, 2.75) is 0 Å². The van der Waals surface area contributed by atoms with Crippen molar-refractivity contribution in [2.24, 2.45) is 0 Å². The number of hydrogen-bond acceptors (Lipinski definition) is 1. The molecule has 2 N–H and O–H groups in total. The number of para-hydroxylation sites is 1. The average molecular weight is 161 g/mol. The lowest BCUT2D eigenvalue weighted by atomic mass is 10.2. The van der Waals surface area contributed by atoms with Gasteiger partial charge in [0, 0.05) is 10.9 Å². The van der Waals surface area contributed by atoms with Gasteiger partial charge in [0.15, 0.2) is 0 Å². The van der Waals surface area contributed by atoms with Crippen molar-refractivity contribution in [1.29, 1.82) is 0 Å². The molecule has 1 aromatic heterocycles. The number of fused-ring (bicyclic) bond motifs is 1. The zero-order chi connectivity index (χ0) is 8.39. The van der Waals surface area contributed by atoms with Gasteiger partial charge in [0.2, 0.25) is 6.41 Å². The third-order valence-corrected chi connectivity index (χ3v) is 1.74.